The number of anilines is 1. The van der Waals surface area contributed by atoms with Crippen LogP contribution in [-0.2, 0) is 0 Å². The van der Waals surface area contributed by atoms with E-state index >= 15 is 0 Å². The number of hydrogen-bond donors (Lipinski definition) is 1. The Morgan fingerprint density at radius 2 is 1.94 bits per heavy atom. The molecule has 0 spiro atoms. The van der Waals surface area contributed by atoms with Crippen LogP contribution in [0.25, 0.3) is 0 Å². The summed E-state index contributed by atoms with van der Waals surface area (Å²) in [5.74, 6) is 2.93. The predicted molar refractivity (Wildman–Crippen MR) is 74.4 cm³/mol. The fourth-order valence-electron chi connectivity index (χ4n) is 1.79. The van der Waals surface area contributed by atoms with E-state index in [-0.39, 0.29) is 0 Å². The summed E-state index contributed by atoms with van der Waals surface area (Å²) in [4.78, 5) is 4.17. The summed E-state index contributed by atoms with van der Waals surface area (Å²) >= 11 is 0. The molecule has 2 rings (SSSR count). The van der Waals surface area contributed by atoms with Gasteiger partial charge >= 0.3 is 0 Å². The first-order chi connectivity index (χ1) is 8.70. The Kier molecular flexibility index (Phi) is 3.82. The van der Waals surface area contributed by atoms with Crippen LogP contribution in [0, 0.1) is 0 Å². The number of aromatic nitrogens is 1. The number of nitrogens with zero attached hydrogens (tertiary/aromatic N) is 1. The van der Waals surface area contributed by atoms with E-state index in [0.29, 0.717) is 5.92 Å². The van der Waals surface area contributed by atoms with Crippen molar-refractivity contribution in [1.29, 1.82) is 0 Å². The lowest BCUT2D eigenvalue weighted by Crippen LogP contribution is -1.95. The van der Waals surface area contributed by atoms with E-state index < -0.39 is 0 Å². The summed E-state index contributed by atoms with van der Waals surface area (Å²) in [7, 11) is 1.84. The third-order valence-corrected chi connectivity index (χ3v) is 2.76. The molecule has 18 heavy (non-hydrogen) atoms. The number of nitrogens with one attached hydrogen (secondary N) is 1. The minimum Gasteiger partial charge on any atom is -0.457 e. The van der Waals surface area contributed by atoms with Crippen molar-refractivity contribution < 1.29 is 4.74 Å². The Bertz CT molecular complexity index is 523. The van der Waals surface area contributed by atoms with Crippen LogP contribution in [0.5, 0.6) is 11.5 Å². The van der Waals surface area contributed by atoms with Crippen LogP contribution in [0.4, 0.5) is 5.82 Å². The lowest BCUT2D eigenvalue weighted by Gasteiger charge is -2.13. The maximum atomic E-state index is 5.93. The maximum Gasteiger partial charge on any atom is 0.132 e. The summed E-state index contributed by atoms with van der Waals surface area (Å²) in [6.07, 6.45) is 1.74. The first-order valence-electron chi connectivity index (χ1n) is 6.11. The van der Waals surface area contributed by atoms with Crippen molar-refractivity contribution in [3.63, 3.8) is 0 Å². The molecule has 0 aliphatic heterocycles. The van der Waals surface area contributed by atoms with Crippen molar-refractivity contribution in [3.05, 3.63) is 48.2 Å². The smallest absolute Gasteiger partial charge is 0.132 e. The number of rotatable bonds is 4. The molecule has 0 radical (unpaired) electrons. The average molecular weight is 242 g/mol. The quantitative estimate of drug-likeness (QED) is 0.878. The molecule has 0 aliphatic carbocycles. The van der Waals surface area contributed by atoms with Gasteiger partial charge in [0.25, 0.3) is 0 Å². The molecule has 0 unspecified atom stereocenters. The topological polar surface area (TPSA) is 34.1 Å². The first-order valence-corrected chi connectivity index (χ1v) is 6.11. The predicted octanol–water partition coefficient (Wildman–Crippen LogP) is 4.04. The molecule has 1 N–H and O–H groups in total. The van der Waals surface area contributed by atoms with E-state index in [2.05, 4.69) is 30.2 Å². The van der Waals surface area contributed by atoms with Gasteiger partial charge in [0.1, 0.15) is 17.3 Å². The molecule has 0 amide bonds. The lowest BCUT2D eigenvalue weighted by molar-refractivity contribution is 0.473. The molecule has 1 heterocycles. The molecule has 2 aromatic rings. The molecule has 0 fully saturated rings. The van der Waals surface area contributed by atoms with E-state index in [1.165, 1.54) is 5.56 Å². The minimum atomic E-state index is 0.437. The average Bonchev–Trinajstić information content (AvgIpc) is 2.39. The van der Waals surface area contributed by atoms with Gasteiger partial charge in [-0.05, 0) is 23.6 Å². The minimum absolute atomic E-state index is 0.437. The van der Waals surface area contributed by atoms with Gasteiger partial charge in [-0.15, -0.1) is 0 Å². The van der Waals surface area contributed by atoms with Crippen molar-refractivity contribution in [1.82, 2.24) is 4.98 Å². The van der Waals surface area contributed by atoms with Crippen LogP contribution in [-0.4, -0.2) is 12.0 Å². The summed E-state index contributed by atoms with van der Waals surface area (Å²) in [6, 6.07) is 11.9. The Hall–Kier alpha value is -2.03. The van der Waals surface area contributed by atoms with Gasteiger partial charge in [0.05, 0.1) is 0 Å². The second kappa shape index (κ2) is 5.54. The van der Waals surface area contributed by atoms with Crippen LogP contribution in [0.1, 0.15) is 25.3 Å². The number of para-hydroxylation sites is 1. The zero-order chi connectivity index (χ0) is 13.0. The molecule has 1 aromatic heterocycles. The Labute approximate surface area is 108 Å². The van der Waals surface area contributed by atoms with E-state index in [4.69, 9.17) is 4.74 Å². The Balaban J connectivity index is 2.28. The van der Waals surface area contributed by atoms with Crippen molar-refractivity contribution >= 4 is 5.82 Å². The third kappa shape index (κ3) is 2.80. The van der Waals surface area contributed by atoms with E-state index in [9.17, 15) is 0 Å². The van der Waals surface area contributed by atoms with Gasteiger partial charge in [-0.2, -0.15) is 0 Å². The highest BCUT2D eigenvalue weighted by molar-refractivity contribution is 5.44. The summed E-state index contributed by atoms with van der Waals surface area (Å²) in [6.45, 7) is 4.32. The second-order valence-electron chi connectivity index (χ2n) is 4.42. The van der Waals surface area contributed by atoms with Crippen molar-refractivity contribution in [3.8, 4) is 11.5 Å². The van der Waals surface area contributed by atoms with Gasteiger partial charge in [-0.25, -0.2) is 4.98 Å². The summed E-state index contributed by atoms with van der Waals surface area (Å²) in [5.41, 5.74) is 1.21. The molecule has 0 atom stereocenters. The Morgan fingerprint density at radius 1 is 1.17 bits per heavy atom. The number of hydrogen-bond acceptors (Lipinski definition) is 3. The van der Waals surface area contributed by atoms with Gasteiger partial charge in [0.2, 0.25) is 0 Å². The van der Waals surface area contributed by atoms with Gasteiger partial charge in [0.15, 0.2) is 0 Å². The molecule has 0 saturated carbocycles. The molecule has 3 heteroatoms. The largest absolute Gasteiger partial charge is 0.457 e. The summed E-state index contributed by atoms with van der Waals surface area (Å²) in [5, 5.41) is 3.00. The SMILES string of the molecule is CNc1cc(Oc2ccccc2C(C)C)ccn1. The van der Waals surface area contributed by atoms with Crippen molar-refractivity contribution in [2.75, 3.05) is 12.4 Å². The third-order valence-electron chi connectivity index (χ3n) is 2.76. The number of benzene rings is 1. The van der Waals surface area contributed by atoms with E-state index in [1.807, 2.05) is 37.4 Å². The van der Waals surface area contributed by atoms with Gasteiger partial charge in [-0.1, -0.05) is 32.0 Å². The van der Waals surface area contributed by atoms with Crippen LogP contribution in [0.3, 0.4) is 0 Å². The molecule has 1 aromatic carbocycles. The van der Waals surface area contributed by atoms with Crippen LogP contribution >= 0.6 is 0 Å². The first kappa shape index (κ1) is 12.4. The van der Waals surface area contributed by atoms with E-state index in [0.717, 1.165) is 17.3 Å². The maximum absolute atomic E-state index is 5.93. The normalized spacial score (nSPS) is 10.4. The molecule has 3 nitrogen and oxygen atoms in total. The highest BCUT2D eigenvalue weighted by Gasteiger charge is 2.08. The molecule has 94 valence electrons. The van der Waals surface area contributed by atoms with Gasteiger partial charge in [0, 0.05) is 19.3 Å². The summed E-state index contributed by atoms with van der Waals surface area (Å²) < 4.78 is 5.93. The van der Waals surface area contributed by atoms with Crippen LogP contribution in [0.2, 0.25) is 0 Å². The van der Waals surface area contributed by atoms with Crippen LogP contribution in [0.15, 0.2) is 42.6 Å². The zero-order valence-electron chi connectivity index (χ0n) is 11.0. The Morgan fingerprint density at radius 3 is 2.67 bits per heavy atom. The number of ether oxygens (including phenoxy) is 1. The fourth-order valence-corrected chi connectivity index (χ4v) is 1.79. The molecular weight excluding hydrogens is 224 g/mol. The monoisotopic (exact) mass is 242 g/mol. The zero-order valence-corrected chi connectivity index (χ0v) is 11.0. The van der Waals surface area contributed by atoms with Crippen molar-refractivity contribution in [2.24, 2.45) is 0 Å². The number of pyridine rings is 1. The highest BCUT2D eigenvalue weighted by Crippen LogP contribution is 2.30. The van der Waals surface area contributed by atoms with E-state index in [1.54, 1.807) is 6.20 Å². The molecule has 0 bridgehead atoms. The van der Waals surface area contributed by atoms with Gasteiger partial charge < -0.3 is 10.1 Å². The van der Waals surface area contributed by atoms with Crippen molar-refractivity contribution in [2.45, 2.75) is 19.8 Å². The van der Waals surface area contributed by atoms with Gasteiger partial charge in [-0.3, -0.25) is 0 Å². The second-order valence-corrected chi connectivity index (χ2v) is 4.42. The molecule has 0 saturated heterocycles. The molecular formula is C15H18N2O. The fraction of sp³-hybridized carbons (Fsp3) is 0.267. The van der Waals surface area contributed by atoms with Crippen LogP contribution < -0.4 is 10.1 Å². The standard InChI is InChI=1S/C15H18N2O/c1-11(2)13-6-4-5-7-14(13)18-12-8-9-17-15(10-12)16-3/h4-11H,1-3H3,(H,16,17). The lowest BCUT2D eigenvalue weighted by atomic mass is 10.0. The molecule has 0 aliphatic rings. The highest BCUT2D eigenvalue weighted by atomic mass is 16.5.